The molecule has 0 aromatic heterocycles. The predicted octanol–water partition coefficient (Wildman–Crippen LogP) is 2.99. The third kappa shape index (κ3) is 3.47. The number of hydrogen-bond donors (Lipinski definition) is 1. The Hall–Kier alpha value is -2.32. The van der Waals surface area contributed by atoms with E-state index >= 15 is 0 Å². The molecule has 9 heteroatoms. The average Bonchev–Trinajstić information content (AvgIpc) is 2.62. The van der Waals surface area contributed by atoms with Crippen LogP contribution in [0.4, 0.5) is 11.4 Å². The van der Waals surface area contributed by atoms with E-state index in [2.05, 4.69) is 4.72 Å². The van der Waals surface area contributed by atoms with E-state index in [9.17, 15) is 8.42 Å². The number of sulfonamides is 1. The number of nitrogens with one attached hydrogen (secondary N) is 1. The minimum atomic E-state index is -3.85. The number of ether oxygens (including phenoxy) is 3. The number of nitrogens with zero attached hydrogens (tertiary/aromatic N) is 1. The molecule has 140 valence electrons. The molecule has 2 aromatic rings. The number of halogens is 1. The van der Waals surface area contributed by atoms with Crippen LogP contribution in [0.25, 0.3) is 0 Å². The summed E-state index contributed by atoms with van der Waals surface area (Å²) in [7, 11) is 0.940. The van der Waals surface area contributed by atoms with Crippen LogP contribution in [0.1, 0.15) is 0 Å². The van der Waals surface area contributed by atoms with Crippen LogP contribution in [0, 0.1) is 0 Å². The molecule has 0 radical (unpaired) electrons. The number of fused-ring (bicyclic) bond motifs is 1. The summed E-state index contributed by atoms with van der Waals surface area (Å²) >= 11 is 6.11. The summed E-state index contributed by atoms with van der Waals surface area (Å²) in [6.07, 6.45) is 0. The molecular weight excluding hydrogens is 380 g/mol. The molecule has 0 spiro atoms. The molecule has 0 saturated heterocycles. The first-order valence-corrected chi connectivity index (χ1v) is 9.64. The number of benzene rings is 2. The van der Waals surface area contributed by atoms with Crippen molar-refractivity contribution in [3.8, 4) is 17.2 Å². The molecule has 0 amide bonds. The maximum Gasteiger partial charge on any atom is 0.262 e. The highest BCUT2D eigenvalue weighted by molar-refractivity contribution is 7.92. The molecule has 0 fully saturated rings. The highest BCUT2D eigenvalue weighted by Gasteiger charge is 2.22. The Kier molecular flexibility index (Phi) is 5.06. The Labute approximate surface area is 157 Å². The van der Waals surface area contributed by atoms with Crippen molar-refractivity contribution < 1.29 is 22.6 Å². The highest BCUT2D eigenvalue weighted by atomic mass is 35.5. The first-order valence-electron chi connectivity index (χ1n) is 7.78. The van der Waals surface area contributed by atoms with Crippen LogP contribution in [0.3, 0.4) is 0 Å². The molecule has 0 aliphatic carbocycles. The standard InChI is InChI=1S/C17H19ClN2O5S/c1-20-6-7-25-15-5-4-11(8-14(15)20)26(21,22)19-13-9-12(18)16(23-2)10-17(13)24-3/h4-5,8-10,19H,6-7H2,1-3H3. The zero-order valence-corrected chi connectivity index (χ0v) is 16.1. The monoisotopic (exact) mass is 398 g/mol. The molecule has 1 N–H and O–H groups in total. The van der Waals surface area contributed by atoms with Crippen LogP contribution in [0.2, 0.25) is 5.02 Å². The van der Waals surface area contributed by atoms with E-state index in [0.29, 0.717) is 30.4 Å². The summed E-state index contributed by atoms with van der Waals surface area (Å²) in [5, 5.41) is 0.268. The predicted molar refractivity (Wildman–Crippen MR) is 101 cm³/mol. The zero-order valence-electron chi connectivity index (χ0n) is 14.6. The van der Waals surface area contributed by atoms with Gasteiger partial charge in [-0.1, -0.05) is 11.6 Å². The van der Waals surface area contributed by atoms with Crippen molar-refractivity contribution >= 4 is 33.0 Å². The highest BCUT2D eigenvalue weighted by Crippen LogP contribution is 2.38. The summed E-state index contributed by atoms with van der Waals surface area (Å²) in [6.45, 7) is 1.25. The molecule has 0 bridgehead atoms. The maximum absolute atomic E-state index is 12.8. The van der Waals surface area contributed by atoms with Crippen LogP contribution in [0.15, 0.2) is 35.2 Å². The number of anilines is 2. The van der Waals surface area contributed by atoms with Crippen LogP contribution in [-0.2, 0) is 10.0 Å². The molecule has 7 nitrogen and oxygen atoms in total. The van der Waals surface area contributed by atoms with E-state index in [4.69, 9.17) is 25.8 Å². The molecule has 1 aliphatic heterocycles. The van der Waals surface area contributed by atoms with E-state index < -0.39 is 10.0 Å². The average molecular weight is 399 g/mol. The van der Waals surface area contributed by atoms with E-state index in [1.807, 2.05) is 11.9 Å². The van der Waals surface area contributed by atoms with Crippen molar-refractivity contribution in [2.45, 2.75) is 4.90 Å². The van der Waals surface area contributed by atoms with Crippen LogP contribution in [-0.4, -0.2) is 42.8 Å². The van der Waals surface area contributed by atoms with Crippen molar-refractivity contribution in [3.63, 3.8) is 0 Å². The van der Waals surface area contributed by atoms with E-state index in [1.54, 1.807) is 12.1 Å². The third-order valence-electron chi connectivity index (χ3n) is 4.05. The number of rotatable bonds is 5. The normalized spacial score (nSPS) is 13.6. The molecular formula is C17H19ClN2O5S. The number of methoxy groups -OCH3 is 2. The van der Waals surface area contributed by atoms with Crippen molar-refractivity contribution in [3.05, 3.63) is 35.4 Å². The van der Waals surface area contributed by atoms with Crippen LogP contribution >= 0.6 is 11.6 Å². The summed E-state index contributed by atoms with van der Waals surface area (Å²) in [6, 6.07) is 7.70. The third-order valence-corrected chi connectivity index (χ3v) is 5.71. The van der Waals surface area contributed by atoms with E-state index in [1.165, 1.54) is 32.4 Å². The van der Waals surface area contributed by atoms with Gasteiger partial charge in [0.2, 0.25) is 0 Å². The second-order valence-corrected chi connectivity index (χ2v) is 7.78. The van der Waals surface area contributed by atoms with Gasteiger partial charge in [-0.15, -0.1) is 0 Å². The Morgan fingerprint density at radius 2 is 1.88 bits per heavy atom. The van der Waals surface area contributed by atoms with Gasteiger partial charge in [-0.3, -0.25) is 4.72 Å². The molecule has 0 unspecified atom stereocenters. The Balaban J connectivity index is 1.97. The quantitative estimate of drug-likeness (QED) is 0.834. The van der Waals surface area contributed by atoms with Gasteiger partial charge in [-0.05, 0) is 24.3 Å². The molecule has 0 saturated carbocycles. The lowest BCUT2D eigenvalue weighted by Crippen LogP contribution is -2.29. The molecule has 3 rings (SSSR count). The molecule has 2 aromatic carbocycles. The van der Waals surface area contributed by atoms with Crippen molar-refractivity contribution in [1.82, 2.24) is 0 Å². The molecule has 0 atom stereocenters. The Bertz CT molecular complexity index is 933. The summed E-state index contributed by atoms with van der Waals surface area (Å²) in [4.78, 5) is 2.06. The van der Waals surface area contributed by atoms with Gasteiger partial charge in [0.05, 0.1) is 42.1 Å². The topological polar surface area (TPSA) is 77.1 Å². The largest absolute Gasteiger partial charge is 0.495 e. The minimum absolute atomic E-state index is 0.114. The lowest BCUT2D eigenvalue weighted by Gasteiger charge is -2.28. The summed E-state index contributed by atoms with van der Waals surface area (Å²) in [5.74, 6) is 1.34. The zero-order chi connectivity index (χ0) is 18.9. The Morgan fingerprint density at radius 3 is 2.58 bits per heavy atom. The molecule has 26 heavy (non-hydrogen) atoms. The number of likely N-dealkylation sites (N-methyl/N-ethyl adjacent to an activating group) is 1. The fourth-order valence-corrected chi connectivity index (χ4v) is 3.96. The molecule has 1 aliphatic rings. The van der Waals surface area contributed by atoms with E-state index in [0.717, 1.165) is 5.69 Å². The Morgan fingerprint density at radius 1 is 1.15 bits per heavy atom. The second-order valence-electron chi connectivity index (χ2n) is 5.69. The van der Waals surface area contributed by atoms with Gasteiger partial charge < -0.3 is 19.1 Å². The maximum atomic E-state index is 12.8. The van der Waals surface area contributed by atoms with Crippen molar-refractivity contribution in [2.24, 2.45) is 0 Å². The van der Waals surface area contributed by atoms with Crippen LogP contribution in [0.5, 0.6) is 17.2 Å². The van der Waals surface area contributed by atoms with Gasteiger partial charge in [0.15, 0.2) is 0 Å². The van der Waals surface area contributed by atoms with Gasteiger partial charge in [0, 0.05) is 13.1 Å². The second kappa shape index (κ2) is 7.13. The SMILES string of the molecule is COc1cc(OC)c(NS(=O)(=O)c2ccc3c(c2)N(C)CCO3)cc1Cl. The van der Waals surface area contributed by atoms with Gasteiger partial charge in [-0.25, -0.2) is 8.42 Å². The fourth-order valence-electron chi connectivity index (χ4n) is 2.64. The first kappa shape index (κ1) is 18.5. The minimum Gasteiger partial charge on any atom is -0.495 e. The summed E-state index contributed by atoms with van der Waals surface area (Å²) < 4.78 is 44.1. The molecule has 1 heterocycles. The fraction of sp³-hybridized carbons (Fsp3) is 0.294. The first-order chi connectivity index (χ1) is 12.4. The van der Waals surface area contributed by atoms with Gasteiger partial charge in [0.1, 0.15) is 23.9 Å². The van der Waals surface area contributed by atoms with Crippen molar-refractivity contribution in [1.29, 1.82) is 0 Å². The van der Waals surface area contributed by atoms with Gasteiger partial charge in [-0.2, -0.15) is 0 Å². The van der Waals surface area contributed by atoms with E-state index in [-0.39, 0.29) is 15.6 Å². The summed E-state index contributed by atoms with van der Waals surface area (Å²) in [5.41, 5.74) is 0.944. The van der Waals surface area contributed by atoms with Crippen molar-refractivity contribution in [2.75, 3.05) is 44.0 Å². The lowest BCUT2D eigenvalue weighted by atomic mass is 10.2. The number of hydrogen-bond acceptors (Lipinski definition) is 6. The smallest absolute Gasteiger partial charge is 0.262 e. The van der Waals surface area contributed by atoms with Crippen LogP contribution < -0.4 is 23.8 Å². The lowest BCUT2D eigenvalue weighted by molar-refractivity contribution is 0.311. The van der Waals surface area contributed by atoms with Gasteiger partial charge in [0.25, 0.3) is 10.0 Å². The van der Waals surface area contributed by atoms with Gasteiger partial charge >= 0.3 is 0 Å².